The number of hydrogen-bond acceptors (Lipinski definition) is 6. The number of methoxy groups -OCH3 is 1. The van der Waals surface area contributed by atoms with E-state index in [4.69, 9.17) is 9.47 Å². The number of amides is 1. The first-order valence-corrected chi connectivity index (χ1v) is 9.14. The summed E-state index contributed by atoms with van der Waals surface area (Å²) in [5.74, 6) is 1.82. The molecule has 3 aromatic rings. The Morgan fingerprint density at radius 1 is 1.07 bits per heavy atom. The Labute approximate surface area is 163 Å². The number of nitrogens with zero attached hydrogens (tertiary/aromatic N) is 4. The van der Waals surface area contributed by atoms with E-state index in [0.29, 0.717) is 18.0 Å². The van der Waals surface area contributed by atoms with Gasteiger partial charge in [0.25, 0.3) is 5.91 Å². The molecule has 0 fully saturated rings. The molecular formula is C20H23N5O3. The Balaban J connectivity index is 1.60. The monoisotopic (exact) mass is 381 g/mol. The fourth-order valence-corrected chi connectivity index (χ4v) is 2.54. The van der Waals surface area contributed by atoms with E-state index in [9.17, 15) is 4.79 Å². The van der Waals surface area contributed by atoms with Gasteiger partial charge in [-0.2, -0.15) is 4.68 Å². The van der Waals surface area contributed by atoms with E-state index in [2.05, 4.69) is 27.8 Å². The molecular weight excluding hydrogens is 358 g/mol. The Bertz CT molecular complexity index is 891. The van der Waals surface area contributed by atoms with Crippen molar-refractivity contribution in [3.8, 4) is 17.2 Å². The molecule has 0 aliphatic carbocycles. The van der Waals surface area contributed by atoms with E-state index in [-0.39, 0.29) is 12.5 Å². The molecule has 0 unspecified atom stereocenters. The van der Waals surface area contributed by atoms with E-state index < -0.39 is 0 Å². The van der Waals surface area contributed by atoms with E-state index >= 15 is 0 Å². The number of nitrogens with one attached hydrogen (secondary N) is 1. The number of aromatic nitrogens is 4. The van der Waals surface area contributed by atoms with Crippen molar-refractivity contribution < 1.29 is 14.3 Å². The summed E-state index contributed by atoms with van der Waals surface area (Å²) < 4.78 is 12.3. The number of unbranched alkanes of at least 4 members (excludes halogenated alkanes) is 1. The van der Waals surface area contributed by atoms with Crippen LogP contribution in [0.1, 0.15) is 35.9 Å². The van der Waals surface area contributed by atoms with Crippen LogP contribution in [0, 0.1) is 0 Å². The SMILES string of the molecule is CCCCOc1ccc(C(=O)NCc2nnnn2-c2ccc(OC)cc2)cc1. The molecule has 0 atom stereocenters. The summed E-state index contributed by atoms with van der Waals surface area (Å²) in [6.07, 6.45) is 2.08. The largest absolute Gasteiger partial charge is 0.497 e. The fourth-order valence-electron chi connectivity index (χ4n) is 2.54. The van der Waals surface area contributed by atoms with Crippen LogP contribution in [-0.2, 0) is 6.54 Å². The quantitative estimate of drug-likeness (QED) is 0.573. The molecule has 8 nitrogen and oxygen atoms in total. The van der Waals surface area contributed by atoms with E-state index in [1.165, 1.54) is 0 Å². The molecule has 146 valence electrons. The van der Waals surface area contributed by atoms with Gasteiger partial charge in [0.15, 0.2) is 5.82 Å². The van der Waals surface area contributed by atoms with Gasteiger partial charge in [0.05, 0.1) is 25.9 Å². The van der Waals surface area contributed by atoms with Crippen LogP contribution in [-0.4, -0.2) is 39.8 Å². The maximum absolute atomic E-state index is 12.4. The van der Waals surface area contributed by atoms with Gasteiger partial charge in [0, 0.05) is 5.56 Å². The summed E-state index contributed by atoms with van der Waals surface area (Å²) in [4.78, 5) is 12.4. The number of hydrogen-bond donors (Lipinski definition) is 1. The predicted molar refractivity (Wildman–Crippen MR) is 104 cm³/mol. The highest BCUT2D eigenvalue weighted by Gasteiger charge is 2.11. The van der Waals surface area contributed by atoms with Gasteiger partial charge in [-0.3, -0.25) is 4.79 Å². The number of tetrazole rings is 1. The summed E-state index contributed by atoms with van der Waals surface area (Å²) in [5, 5.41) is 14.5. The van der Waals surface area contributed by atoms with Crippen molar-refractivity contribution in [2.75, 3.05) is 13.7 Å². The molecule has 0 radical (unpaired) electrons. The molecule has 28 heavy (non-hydrogen) atoms. The number of rotatable bonds is 9. The average Bonchev–Trinajstić information content (AvgIpc) is 3.21. The molecule has 0 aliphatic rings. The lowest BCUT2D eigenvalue weighted by Gasteiger charge is -2.08. The van der Waals surface area contributed by atoms with Gasteiger partial charge < -0.3 is 14.8 Å². The minimum absolute atomic E-state index is 0.201. The molecule has 2 aromatic carbocycles. The van der Waals surface area contributed by atoms with Gasteiger partial charge in [-0.25, -0.2) is 0 Å². The van der Waals surface area contributed by atoms with Crippen LogP contribution in [0.25, 0.3) is 5.69 Å². The Hall–Kier alpha value is -3.42. The second kappa shape index (κ2) is 9.50. The summed E-state index contributed by atoms with van der Waals surface area (Å²) in [6, 6.07) is 14.4. The summed E-state index contributed by atoms with van der Waals surface area (Å²) in [5.41, 5.74) is 1.33. The molecule has 1 N–H and O–H groups in total. The van der Waals surface area contributed by atoms with Gasteiger partial charge in [-0.15, -0.1) is 5.10 Å². The molecule has 0 saturated carbocycles. The van der Waals surface area contributed by atoms with Crippen molar-refractivity contribution in [2.45, 2.75) is 26.3 Å². The summed E-state index contributed by atoms with van der Waals surface area (Å²) in [6.45, 7) is 2.99. The smallest absolute Gasteiger partial charge is 0.251 e. The zero-order valence-electron chi connectivity index (χ0n) is 16.0. The van der Waals surface area contributed by atoms with Crippen LogP contribution < -0.4 is 14.8 Å². The molecule has 0 saturated heterocycles. The topological polar surface area (TPSA) is 91.2 Å². The van der Waals surface area contributed by atoms with Crippen LogP contribution in [0.4, 0.5) is 0 Å². The third-order valence-electron chi connectivity index (χ3n) is 4.14. The van der Waals surface area contributed by atoms with Gasteiger partial charge in [-0.05, 0) is 65.4 Å². The van der Waals surface area contributed by atoms with Crippen LogP contribution in [0.15, 0.2) is 48.5 Å². The number of benzene rings is 2. The lowest BCUT2D eigenvalue weighted by atomic mass is 10.2. The summed E-state index contributed by atoms with van der Waals surface area (Å²) >= 11 is 0. The molecule has 1 aromatic heterocycles. The first kappa shape index (κ1) is 19.3. The van der Waals surface area contributed by atoms with Crippen LogP contribution in [0.5, 0.6) is 11.5 Å². The zero-order valence-corrected chi connectivity index (χ0v) is 16.0. The van der Waals surface area contributed by atoms with E-state index in [1.807, 2.05) is 24.3 Å². The predicted octanol–water partition coefficient (Wildman–Crippen LogP) is 2.78. The van der Waals surface area contributed by atoms with Gasteiger partial charge in [0.1, 0.15) is 11.5 Å². The Morgan fingerprint density at radius 3 is 2.46 bits per heavy atom. The van der Waals surface area contributed by atoms with Crippen molar-refractivity contribution >= 4 is 5.91 Å². The van der Waals surface area contributed by atoms with Crippen molar-refractivity contribution in [3.05, 3.63) is 59.9 Å². The van der Waals surface area contributed by atoms with Gasteiger partial charge in [0.2, 0.25) is 0 Å². The molecule has 8 heteroatoms. The molecule has 1 heterocycles. The Morgan fingerprint density at radius 2 is 1.79 bits per heavy atom. The van der Waals surface area contributed by atoms with Crippen molar-refractivity contribution in [2.24, 2.45) is 0 Å². The van der Waals surface area contributed by atoms with Crippen LogP contribution in [0.3, 0.4) is 0 Å². The average molecular weight is 381 g/mol. The maximum Gasteiger partial charge on any atom is 0.251 e. The minimum atomic E-state index is -0.204. The highest BCUT2D eigenvalue weighted by atomic mass is 16.5. The van der Waals surface area contributed by atoms with Crippen molar-refractivity contribution in [1.29, 1.82) is 0 Å². The number of carbonyl (C=O) groups is 1. The van der Waals surface area contributed by atoms with E-state index in [0.717, 1.165) is 30.0 Å². The highest BCUT2D eigenvalue weighted by molar-refractivity contribution is 5.94. The molecule has 1 amide bonds. The normalized spacial score (nSPS) is 10.5. The van der Waals surface area contributed by atoms with Crippen molar-refractivity contribution in [1.82, 2.24) is 25.5 Å². The number of ether oxygens (including phenoxy) is 2. The lowest BCUT2D eigenvalue weighted by molar-refractivity contribution is 0.0949. The molecule has 0 bridgehead atoms. The lowest BCUT2D eigenvalue weighted by Crippen LogP contribution is -2.24. The van der Waals surface area contributed by atoms with Crippen LogP contribution in [0.2, 0.25) is 0 Å². The minimum Gasteiger partial charge on any atom is -0.497 e. The fraction of sp³-hybridized carbons (Fsp3) is 0.300. The number of carbonyl (C=O) groups excluding carboxylic acids is 1. The standard InChI is InChI=1S/C20H23N5O3/c1-3-4-13-28-18-9-5-15(6-10-18)20(26)21-14-19-22-23-24-25(19)16-7-11-17(27-2)12-8-16/h5-12H,3-4,13-14H2,1-2H3,(H,21,26). The third kappa shape index (κ3) is 4.85. The second-order valence-electron chi connectivity index (χ2n) is 6.11. The maximum atomic E-state index is 12.4. The molecule has 3 rings (SSSR count). The molecule has 0 aliphatic heterocycles. The van der Waals surface area contributed by atoms with Gasteiger partial charge in [-0.1, -0.05) is 13.3 Å². The third-order valence-corrected chi connectivity index (χ3v) is 4.14. The first-order chi connectivity index (χ1) is 13.7. The van der Waals surface area contributed by atoms with E-state index in [1.54, 1.807) is 36.1 Å². The van der Waals surface area contributed by atoms with Gasteiger partial charge >= 0.3 is 0 Å². The van der Waals surface area contributed by atoms with Crippen LogP contribution >= 0.6 is 0 Å². The zero-order chi connectivity index (χ0) is 19.8. The molecule has 0 spiro atoms. The first-order valence-electron chi connectivity index (χ1n) is 9.14. The van der Waals surface area contributed by atoms with Crippen molar-refractivity contribution in [3.63, 3.8) is 0 Å². The second-order valence-corrected chi connectivity index (χ2v) is 6.11. The Kier molecular flexibility index (Phi) is 6.56. The highest BCUT2D eigenvalue weighted by Crippen LogP contribution is 2.15. The summed E-state index contributed by atoms with van der Waals surface area (Å²) in [7, 11) is 1.61.